The predicted octanol–water partition coefficient (Wildman–Crippen LogP) is 4.67. The third-order valence-corrected chi connectivity index (χ3v) is 8.54. The number of halogens is 3. The number of aromatic nitrogens is 1. The van der Waals surface area contributed by atoms with Crippen molar-refractivity contribution < 1.29 is 30.4 Å². The molecule has 12 heteroatoms. The van der Waals surface area contributed by atoms with Gasteiger partial charge in [-0.1, -0.05) is 17.7 Å². The average molecular weight is 539 g/mol. The molecule has 0 aliphatic rings. The number of hydrogen-bond donors (Lipinski definition) is 2. The zero-order valence-corrected chi connectivity index (χ0v) is 20.6. The fraction of sp³-hybridized carbons (Fsp3) is 0.0870. The molecule has 0 atom stereocenters. The van der Waals surface area contributed by atoms with Crippen LogP contribution in [0, 0.1) is 25.5 Å². The Morgan fingerprint density at radius 2 is 1.57 bits per heavy atom. The van der Waals surface area contributed by atoms with Crippen LogP contribution in [0.15, 0.2) is 69.3 Å². The first-order valence-corrected chi connectivity index (χ1v) is 13.3. The van der Waals surface area contributed by atoms with Gasteiger partial charge in [0.25, 0.3) is 15.9 Å². The summed E-state index contributed by atoms with van der Waals surface area (Å²) in [6, 6.07) is 10.5. The van der Waals surface area contributed by atoms with Crippen molar-refractivity contribution in [3.8, 4) is 0 Å². The van der Waals surface area contributed by atoms with Crippen LogP contribution in [0.25, 0.3) is 10.9 Å². The molecule has 0 radical (unpaired) electrons. The van der Waals surface area contributed by atoms with Crippen LogP contribution in [0.2, 0.25) is 5.02 Å². The van der Waals surface area contributed by atoms with Crippen LogP contribution in [0.3, 0.4) is 0 Å². The van der Waals surface area contributed by atoms with Crippen LogP contribution in [0.1, 0.15) is 21.6 Å². The van der Waals surface area contributed by atoms with Crippen LogP contribution in [0.5, 0.6) is 0 Å². The number of nitrogens with one attached hydrogen (secondary N) is 2. The fourth-order valence-electron chi connectivity index (χ4n) is 3.71. The molecule has 4 rings (SSSR count). The Balaban J connectivity index is 1.90. The first-order valence-electron chi connectivity index (χ1n) is 9.96. The van der Waals surface area contributed by atoms with Gasteiger partial charge in [-0.2, -0.15) is 0 Å². The largest absolute Gasteiger partial charge is 0.349 e. The van der Waals surface area contributed by atoms with Gasteiger partial charge in [-0.15, -0.1) is 0 Å². The maximum absolute atomic E-state index is 14.1. The highest BCUT2D eigenvalue weighted by Gasteiger charge is 2.32. The SMILES string of the molecule is Cc1cc(C)cc(S(=O)(=O)c2c(C(=O)NS(=O)(=O)c3ccc(F)cc3F)[nH]c3ccc(Cl)cc23)c1. The molecular weight excluding hydrogens is 522 g/mol. The monoisotopic (exact) mass is 538 g/mol. The molecule has 4 aromatic rings. The van der Waals surface area contributed by atoms with E-state index in [0.29, 0.717) is 29.3 Å². The van der Waals surface area contributed by atoms with Gasteiger partial charge in [-0.05, 0) is 67.4 Å². The number of carbonyl (C=O) groups is 1. The highest BCUT2D eigenvalue weighted by atomic mass is 35.5. The van der Waals surface area contributed by atoms with Crippen LogP contribution < -0.4 is 4.72 Å². The number of carbonyl (C=O) groups excluding carboxylic acids is 1. The lowest BCUT2D eigenvalue weighted by atomic mass is 10.2. The van der Waals surface area contributed by atoms with E-state index < -0.39 is 52.9 Å². The van der Waals surface area contributed by atoms with E-state index in [1.165, 1.54) is 30.3 Å². The Morgan fingerprint density at radius 1 is 0.914 bits per heavy atom. The van der Waals surface area contributed by atoms with E-state index >= 15 is 0 Å². The molecule has 0 aliphatic carbocycles. The summed E-state index contributed by atoms with van der Waals surface area (Å²) >= 11 is 6.07. The molecular formula is C23H17ClF2N2O5S2. The standard InChI is InChI=1S/C23H17ClF2N2O5S2/c1-12-7-13(2)9-16(8-12)34(30,31)22-17-10-14(24)3-5-19(17)27-21(22)23(29)28-35(32,33)20-6-4-15(25)11-18(20)26/h3-11,27H,1-2H3,(H,28,29). The number of aromatic amines is 1. The van der Waals surface area contributed by atoms with E-state index in [1.807, 2.05) is 0 Å². The Morgan fingerprint density at radius 3 is 2.20 bits per heavy atom. The molecule has 1 heterocycles. The van der Waals surface area contributed by atoms with Crippen molar-refractivity contribution in [1.82, 2.24) is 9.71 Å². The molecule has 0 aliphatic heterocycles. The van der Waals surface area contributed by atoms with Crippen LogP contribution in [-0.2, 0) is 19.9 Å². The summed E-state index contributed by atoms with van der Waals surface area (Å²) in [5.41, 5.74) is 0.920. The molecule has 0 unspecified atom stereocenters. The minimum absolute atomic E-state index is 0.0622. The molecule has 182 valence electrons. The molecule has 2 N–H and O–H groups in total. The number of aryl methyl sites for hydroxylation is 2. The maximum Gasteiger partial charge on any atom is 0.282 e. The Labute approximate surface area is 204 Å². The third kappa shape index (κ3) is 4.66. The van der Waals surface area contributed by atoms with Gasteiger partial charge in [0.15, 0.2) is 0 Å². The van der Waals surface area contributed by atoms with Gasteiger partial charge >= 0.3 is 0 Å². The number of benzene rings is 3. The number of H-pyrrole nitrogens is 1. The highest BCUT2D eigenvalue weighted by molar-refractivity contribution is 7.92. The quantitative estimate of drug-likeness (QED) is 0.383. The summed E-state index contributed by atoms with van der Waals surface area (Å²) < 4.78 is 81.6. The first kappa shape index (κ1) is 24.8. The van der Waals surface area contributed by atoms with E-state index in [0.717, 1.165) is 0 Å². The zero-order valence-electron chi connectivity index (χ0n) is 18.2. The van der Waals surface area contributed by atoms with E-state index in [1.54, 1.807) is 24.6 Å². The smallest absolute Gasteiger partial charge is 0.282 e. The Hall–Kier alpha value is -3.28. The van der Waals surface area contributed by atoms with Gasteiger partial charge in [-0.25, -0.2) is 30.3 Å². The minimum Gasteiger partial charge on any atom is -0.349 e. The summed E-state index contributed by atoms with van der Waals surface area (Å²) in [5.74, 6) is -3.79. The van der Waals surface area contributed by atoms with E-state index in [2.05, 4.69) is 4.98 Å². The molecule has 3 aromatic carbocycles. The number of hydrogen-bond acceptors (Lipinski definition) is 5. The molecule has 1 aromatic heterocycles. The second-order valence-corrected chi connectivity index (χ2v) is 11.8. The molecule has 0 bridgehead atoms. The summed E-state index contributed by atoms with van der Waals surface area (Å²) in [4.78, 5) is 14.1. The summed E-state index contributed by atoms with van der Waals surface area (Å²) in [6.07, 6.45) is 0. The summed E-state index contributed by atoms with van der Waals surface area (Å²) in [6.45, 7) is 3.41. The summed E-state index contributed by atoms with van der Waals surface area (Å²) in [5, 5.41) is 0.244. The van der Waals surface area contributed by atoms with Gasteiger partial charge < -0.3 is 4.98 Å². The highest BCUT2D eigenvalue weighted by Crippen LogP contribution is 2.34. The fourth-order valence-corrected chi connectivity index (χ4v) is 6.69. The lowest BCUT2D eigenvalue weighted by Crippen LogP contribution is -2.32. The second kappa shape index (κ2) is 8.74. The Kier molecular flexibility index (Phi) is 6.20. The molecule has 0 spiro atoms. The lowest BCUT2D eigenvalue weighted by Gasteiger charge is -2.11. The zero-order chi connectivity index (χ0) is 25.7. The lowest BCUT2D eigenvalue weighted by molar-refractivity contribution is 0.0974. The van der Waals surface area contributed by atoms with E-state index in [-0.39, 0.29) is 20.8 Å². The number of fused-ring (bicyclic) bond motifs is 1. The second-order valence-electron chi connectivity index (χ2n) is 7.86. The number of amides is 1. The molecule has 7 nitrogen and oxygen atoms in total. The normalized spacial score (nSPS) is 12.1. The molecule has 1 amide bonds. The number of sulfonamides is 1. The van der Waals surface area contributed by atoms with Crippen LogP contribution in [-0.4, -0.2) is 27.7 Å². The summed E-state index contributed by atoms with van der Waals surface area (Å²) in [7, 11) is -9.19. The first-order chi connectivity index (χ1) is 16.3. The van der Waals surface area contributed by atoms with Crippen molar-refractivity contribution >= 4 is 48.3 Å². The van der Waals surface area contributed by atoms with Crippen LogP contribution in [0.4, 0.5) is 8.78 Å². The van der Waals surface area contributed by atoms with Crippen LogP contribution >= 0.6 is 11.6 Å². The van der Waals surface area contributed by atoms with Gasteiger partial charge in [0.2, 0.25) is 9.84 Å². The number of rotatable bonds is 5. The molecule has 0 saturated carbocycles. The predicted molar refractivity (Wildman–Crippen MR) is 126 cm³/mol. The van der Waals surface area contributed by atoms with Gasteiger partial charge in [0, 0.05) is 22.0 Å². The van der Waals surface area contributed by atoms with Crippen molar-refractivity contribution in [3.05, 3.63) is 88.1 Å². The molecule has 35 heavy (non-hydrogen) atoms. The average Bonchev–Trinajstić information content (AvgIpc) is 3.12. The van der Waals surface area contributed by atoms with Crippen molar-refractivity contribution in [2.45, 2.75) is 28.5 Å². The van der Waals surface area contributed by atoms with Crippen molar-refractivity contribution in [3.63, 3.8) is 0 Å². The molecule has 0 saturated heterocycles. The van der Waals surface area contributed by atoms with Gasteiger partial charge in [-0.3, -0.25) is 4.79 Å². The van der Waals surface area contributed by atoms with Gasteiger partial charge in [0.05, 0.1) is 4.90 Å². The number of sulfone groups is 1. The Bertz CT molecular complexity index is 1710. The molecule has 0 fully saturated rings. The minimum atomic E-state index is -4.82. The van der Waals surface area contributed by atoms with E-state index in [4.69, 9.17) is 11.6 Å². The van der Waals surface area contributed by atoms with Crippen molar-refractivity contribution in [2.24, 2.45) is 0 Å². The maximum atomic E-state index is 14.1. The van der Waals surface area contributed by atoms with Gasteiger partial charge in [0.1, 0.15) is 27.1 Å². The van der Waals surface area contributed by atoms with E-state index in [9.17, 15) is 30.4 Å². The topological polar surface area (TPSA) is 113 Å². The van der Waals surface area contributed by atoms with Crippen molar-refractivity contribution in [1.29, 1.82) is 0 Å². The van der Waals surface area contributed by atoms with Crippen molar-refractivity contribution in [2.75, 3.05) is 0 Å². The third-order valence-electron chi connectivity index (χ3n) is 5.12.